The maximum absolute atomic E-state index is 10.9. The van der Waals surface area contributed by atoms with E-state index in [0.717, 1.165) is 5.56 Å². The number of carbonyl (C=O) groups is 1. The fourth-order valence-electron chi connectivity index (χ4n) is 3.98. The summed E-state index contributed by atoms with van der Waals surface area (Å²) in [5.41, 5.74) is 5.18. The summed E-state index contributed by atoms with van der Waals surface area (Å²) in [4.78, 5) is 10.9. The Kier molecular flexibility index (Phi) is 10.0. The van der Waals surface area contributed by atoms with Crippen molar-refractivity contribution in [3.05, 3.63) is 89.5 Å². The number of rotatable bonds is 14. The SMILES string of the molecule is CCCCCCCCCCc1ccc(-c2ccc(COc3ccc(C(=O)O)cc3)cc2)cc1. The predicted octanol–water partition coefficient (Wildman–Crippen LogP) is 8.31. The number of aryl methyl sites for hydroxylation is 1. The van der Waals surface area contributed by atoms with Crippen molar-refractivity contribution in [3.63, 3.8) is 0 Å². The lowest BCUT2D eigenvalue weighted by Gasteiger charge is -2.08. The van der Waals surface area contributed by atoms with Crippen LogP contribution in [0.3, 0.4) is 0 Å². The molecule has 0 spiro atoms. The smallest absolute Gasteiger partial charge is 0.335 e. The summed E-state index contributed by atoms with van der Waals surface area (Å²) in [7, 11) is 0. The van der Waals surface area contributed by atoms with E-state index in [2.05, 4.69) is 55.5 Å². The highest BCUT2D eigenvalue weighted by molar-refractivity contribution is 5.87. The molecule has 0 unspecified atom stereocenters. The topological polar surface area (TPSA) is 46.5 Å². The zero-order valence-corrected chi connectivity index (χ0v) is 19.8. The van der Waals surface area contributed by atoms with Gasteiger partial charge in [0.1, 0.15) is 12.4 Å². The molecule has 0 heterocycles. The number of hydrogen-bond donors (Lipinski definition) is 1. The number of carboxylic acids is 1. The Hall–Kier alpha value is -3.07. The Morgan fingerprint density at radius 1 is 0.667 bits per heavy atom. The van der Waals surface area contributed by atoms with E-state index in [9.17, 15) is 4.79 Å². The third-order valence-corrected chi connectivity index (χ3v) is 6.07. The number of unbranched alkanes of at least 4 members (excludes halogenated alkanes) is 7. The molecule has 0 aliphatic heterocycles. The summed E-state index contributed by atoms with van der Waals surface area (Å²) in [5.74, 6) is -0.269. The second-order valence-corrected chi connectivity index (χ2v) is 8.74. The molecule has 33 heavy (non-hydrogen) atoms. The van der Waals surface area contributed by atoms with Crippen molar-refractivity contribution in [1.82, 2.24) is 0 Å². The highest BCUT2D eigenvalue weighted by Crippen LogP contribution is 2.22. The van der Waals surface area contributed by atoms with Gasteiger partial charge < -0.3 is 9.84 Å². The van der Waals surface area contributed by atoms with Crippen LogP contribution in [0.25, 0.3) is 11.1 Å². The van der Waals surface area contributed by atoms with Gasteiger partial charge in [-0.25, -0.2) is 4.79 Å². The Morgan fingerprint density at radius 2 is 1.18 bits per heavy atom. The van der Waals surface area contributed by atoms with Gasteiger partial charge in [0.25, 0.3) is 0 Å². The van der Waals surface area contributed by atoms with Crippen LogP contribution >= 0.6 is 0 Å². The Bertz CT molecular complexity index is 957. The first-order chi connectivity index (χ1) is 16.2. The lowest BCUT2D eigenvalue weighted by atomic mass is 10.00. The molecule has 3 heteroatoms. The normalized spacial score (nSPS) is 10.8. The van der Waals surface area contributed by atoms with Crippen LogP contribution in [-0.4, -0.2) is 11.1 Å². The van der Waals surface area contributed by atoms with Gasteiger partial charge in [-0.05, 0) is 59.4 Å². The lowest BCUT2D eigenvalue weighted by Crippen LogP contribution is -1.98. The van der Waals surface area contributed by atoms with E-state index in [1.807, 2.05) is 0 Å². The molecule has 0 aliphatic carbocycles. The van der Waals surface area contributed by atoms with Gasteiger partial charge in [-0.1, -0.05) is 100 Å². The van der Waals surface area contributed by atoms with Gasteiger partial charge >= 0.3 is 5.97 Å². The highest BCUT2D eigenvalue weighted by atomic mass is 16.5. The molecule has 3 aromatic carbocycles. The fraction of sp³-hybridized carbons (Fsp3) is 0.367. The first kappa shape index (κ1) is 24.6. The quantitative estimate of drug-likeness (QED) is 0.254. The van der Waals surface area contributed by atoms with Crippen LogP contribution in [0.15, 0.2) is 72.8 Å². The van der Waals surface area contributed by atoms with Crippen LogP contribution in [0.2, 0.25) is 0 Å². The molecule has 0 saturated heterocycles. The largest absolute Gasteiger partial charge is 0.489 e. The summed E-state index contributed by atoms with van der Waals surface area (Å²) in [5, 5.41) is 8.97. The zero-order chi connectivity index (χ0) is 23.3. The van der Waals surface area contributed by atoms with Crippen molar-refractivity contribution in [3.8, 4) is 16.9 Å². The fourth-order valence-corrected chi connectivity index (χ4v) is 3.98. The van der Waals surface area contributed by atoms with Crippen molar-refractivity contribution in [1.29, 1.82) is 0 Å². The molecule has 0 amide bonds. The van der Waals surface area contributed by atoms with Crippen molar-refractivity contribution in [2.24, 2.45) is 0 Å². The predicted molar refractivity (Wildman–Crippen MR) is 136 cm³/mol. The van der Waals surface area contributed by atoms with Gasteiger partial charge in [0.15, 0.2) is 0 Å². The average Bonchev–Trinajstić information content (AvgIpc) is 2.85. The van der Waals surface area contributed by atoms with Crippen LogP contribution in [-0.2, 0) is 13.0 Å². The van der Waals surface area contributed by atoms with Crippen LogP contribution < -0.4 is 4.74 Å². The molecule has 0 fully saturated rings. The monoisotopic (exact) mass is 444 g/mol. The number of aromatic carboxylic acids is 1. The van der Waals surface area contributed by atoms with E-state index >= 15 is 0 Å². The number of hydrogen-bond acceptors (Lipinski definition) is 2. The minimum absolute atomic E-state index is 0.260. The first-order valence-electron chi connectivity index (χ1n) is 12.3. The summed E-state index contributed by atoms with van der Waals surface area (Å²) >= 11 is 0. The summed E-state index contributed by atoms with van der Waals surface area (Å²) in [6.07, 6.45) is 12.0. The number of ether oxygens (including phenoxy) is 1. The third kappa shape index (κ3) is 8.42. The highest BCUT2D eigenvalue weighted by Gasteiger charge is 2.04. The van der Waals surface area contributed by atoms with Gasteiger partial charge in [0, 0.05) is 0 Å². The maximum Gasteiger partial charge on any atom is 0.335 e. The lowest BCUT2D eigenvalue weighted by molar-refractivity contribution is 0.0697. The molecule has 174 valence electrons. The van der Waals surface area contributed by atoms with E-state index in [-0.39, 0.29) is 5.56 Å². The van der Waals surface area contributed by atoms with Gasteiger partial charge in [-0.2, -0.15) is 0 Å². The van der Waals surface area contributed by atoms with Crippen LogP contribution in [0.5, 0.6) is 5.75 Å². The van der Waals surface area contributed by atoms with Crippen LogP contribution in [0.1, 0.15) is 79.8 Å². The second-order valence-electron chi connectivity index (χ2n) is 8.74. The zero-order valence-electron chi connectivity index (χ0n) is 19.8. The van der Waals surface area contributed by atoms with Crippen molar-refractivity contribution in [2.75, 3.05) is 0 Å². The third-order valence-electron chi connectivity index (χ3n) is 6.07. The van der Waals surface area contributed by atoms with Crippen LogP contribution in [0, 0.1) is 0 Å². The molecular weight excluding hydrogens is 408 g/mol. The molecule has 3 rings (SSSR count). The summed E-state index contributed by atoms with van der Waals surface area (Å²) in [6.45, 7) is 2.72. The van der Waals surface area contributed by atoms with E-state index in [4.69, 9.17) is 9.84 Å². The minimum Gasteiger partial charge on any atom is -0.489 e. The average molecular weight is 445 g/mol. The molecule has 3 aromatic rings. The Labute approximate surface area is 198 Å². The molecule has 3 nitrogen and oxygen atoms in total. The van der Waals surface area contributed by atoms with E-state index in [1.54, 1.807) is 24.3 Å². The second kappa shape index (κ2) is 13.5. The van der Waals surface area contributed by atoms with Crippen molar-refractivity contribution < 1.29 is 14.6 Å². The van der Waals surface area contributed by atoms with Gasteiger partial charge in [-0.15, -0.1) is 0 Å². The first-order valence-corrected chi connectivity index (χ1v) is 12.3. The van der Waals surface area contributed by atoms with Gasteiger partial charge in [0.2, 0.25) is 0 Å². The van der Waals surface area contributed by atoms with E-state index < -0.39 is 5.97 Å². The summed E-state index contributed by atoms with van der Waals surface area (Å²) < 4.78 is 5.77. The minimum atomic E-state index is -0.932. The Morgan fingerprint density at radius 3 is 1.73 bits per heavy atom. The molecule has 0 saturated carbocycles. The molecular formula is C30H36O3. The van der Waals surface area contributed by atoms with Crippen molar-refractivity contribution >= 4 is 5.97 Å². The van der Waals surface area contributed by atoms with Crippen molar-refractivity contribution in [2.45, 2.75) is 71.3 Å². The Balaban J connectivity index is 1.41. The summed E-state index contributed by atoms with van der Waals surface area (Å²) in [6, 6.07) is 23.8. The standard InChI is InChI=1S/C30H36O3/c1-2-3-4-5-6-7-8-9-10-24-11-15-26(16-12-24)27-17-13-25(14-18-27)23-33-29-21-19-28(20-22-29)30(31)32/h11-22H,2-10,23H2,1H3,(H,31,32). The molecule has 0 bridgehead atoms. The maximum atomic E-state index is 10.9. The number of carboxylic acid groups (broad SMARTS) is 1. The molecule has 0 aliphatic rings. The molecule has 0 radical (unpaired) electrons. The molecule has 0 aromatic heterocycles. The molecule has 0 atom stereocenters. The number of benzene rings is 3. The van der Waals surface area contributed by atoms with Gasteiger partial charge in [0.05, 0.1) is 5.56 Å². The van der Waals surface area contributed by atoms with E-state index in [0.29, 0.717) is 12.4 Å². The van der Waals surface area contributed by atoms with Crippen LogP contribution in [0.4, 0.5) is 0 Å². The van der Waals surface area contributed by atoms with Gasteiger partial charge in [-0.3, -0.25) is 0 Å². The molecule has 1 N–H and O–H groups in total. The van der Waals surface area contributed by atoms with E-state index in [1.165, 1.54) is 74.5 Å².